The first-order chi connectivity index (χ1) is 13.1. The first-order valence-electron chi connectivity index (χ1n) is 8.71. The van der Waals surface area contributed by atoms with Crippen molar-refractivity contribution < 1.29 is 19.1 Å². The lowest BCUT2D eigenvalue weighted by Gasteiger charge is -2.06. The molecule has 0 unspecified atom stereocenters. The second-order valence-corrected chi connectivity index (χ2v) is 5.65. The fourth-order valence-corrected chi connectivity index (χ4v) is 2.27. The largest absolute Gasteiger partial charge is 0.494 e. The van der Waals surface area contributed by atoms with Gasteiger partial charge in [-0.05, 0) is 55.0 Å². The Bertz CT molecular complexity index is 768. The molecule has 6 nitrogen and oxygen atoms in total. The highest BCUT2D eigenvalue weighted by Crippen LogP contribution is 2.13. The zero-order chi connectivity index (χ0) is 19.5. The van der Waals surface area contributed by atoms with E-state index in [9.17, 15) is 9.59 Å². The average molecular weight is 368 g/mol. The van der Waals surface area contributed by atoms with E-state index in [2.05, 4.69) is 10.6 Å². The van der Waals surface area contributed by atoms with Crippen LogP contribution in [0.4, 0.5) is 5.69 Å². The molecule has 0 saturated heterocycles. The fraction of sp³-hybridized carbons (Fsp3) is 0.238. The smallest absolute Gasteiger partial charge is 0.251 e. The maximum Gasteiger partial charge on any atom is 0.251 e. The number of nitrogens with one attached hydrogen (secondary N) is 2. The van der Waals surface area contributed by atoms with Crippen molar-refractivity contribution in [1.82, 2.24) is 5.32 Å². The van der Waals surface area contributed by atoms with Crippen LogP contribution in [0.15, 0.2) is 54.6 Å². The molecule has 0 fully saturated rings. The van der Waals surface area contributed by atoms with Crippen LogP contribution in [-0.4, -0.2) is 38.7 Å². The van der Waals surface area contributed by atoms with E-state index < -0.39 is 0 Å². The third-order valence-corrected chi connectivity index (χ3v) is 3.62. The van der Waals surface area contributed by atoms with Gasteiger partial charge in [-0.25, -0.2) is 0 Å². The number of anilines is 1. The van der Waals surface area contributed by atoms with Crippen molar-refractivity contribution in [1.29, 1.82) is 0 Å². The Kier molecular flexibility index (Phi) is 8.06. The molecule has 2 amide bonds. The number of carbonyl (C=O) groups is 2. The van der Waals surface area contributed by atoms with Gasteiger partial charge in [-0.1, -0.05) is 12.1 Å². The SMILES string of the molecule is CCOc1ccc(/C=C/C(=O)Nc2ccc(C(=O)NCCOC)cc2)cc1. The molecule has 0 aromatic heterocycles. The first kappa shape index (κ1) is 20.2. The molecule has 0 spiro atoms. The third kappa shape index (κ3) is 6.95. The van der Waals surface area contributed by atoms with E-state index in [0.717, 1.165) is 11.3 Å². The van der Waals surface area contributed by atoms with Gasteiger partial charge in [0.15, 0.2) is 0 Å². The summed E-state index contributed by atoms with van der Waals surface area (Å²) in [4.78, 5) is 23.9. The Morgan fingerprint density at radius 2 is 1.74 bits per heavy atom. The quantitative estimate of drug-likeness (QED) is 0.527. The fourth-order valence-electron chi connectivity index (χ4n) is 2.27. The molecule has 0 radical (unpaired) electrons. The molecular weight excluding hydrogens is 344 g/mol. The summed E-state index contributed by atoms with van der Waals surface area (Å²) in [7, 11) is 1.58. The molecule has 2 aromatic rings. The number of carbonyl (C=O) groups excluding carboxylic acids is 2. The van der Waals surface area contributed by atoms with E-state index in [1.807, 2.05) is 31.2 Å². The van der Waals surface area contributed by atoms with Crippen molar-refractivity contribution in [3.8, 4) is 5.75 Å². The Morgan fingerprint density at radius 1 is 1.04 bits per heavy atom. The number of hydrogen-bond donors (Lipinski definition) is 2. The summed E-state index contributed by atoms with van der Waals surface area (Å²) in [5.74, 6) is 0.368. The molecule has 2 N–H and O–H groups in total. The van der Waals surface area contributed by atoms with Crippen LogP contribution >= 0.6 is 0 Å². The summed E-state index contributed by atoms with van der Waals surface area (Å²) in [6.07, 6.45) is 3.18. The molecule has 0 aliphatic carbocycles. The second-order valence-electron chi connectivity index (χ2n) is 5.65. The van der Waals surface area contributed by atoms with Crippen molar-refractivity contribution in [3.05, 3.63) is 65.7 Å². The summed E-state index contributed by atoms with van der Waals surface area (Å²) in [5.41, 5.74) is 2.04. The molecule has 2 rings (SSSR count). The van der Waals surface area contributed by atoms with Crippen molar-refractivity contribution in [2.45, 2.75) is 6.92 Å². The van der Waals surface area contributed by atoms with Crippen molar-refractivity contribution in [3.63, 3.8) is 0 Å². The Balaban J connectivity index is 1.87. The lowest BCUT2D eigenvalue weighted by Crippen LogP contribution is -2.26. The van der Waals surface area contributed by atoms with Crippen LogP contribution in [0, 0.1) is 0 Å². The van der Waals surface area contributed by atoms with Gasteiger partial charge in [0.25, 0.3) is 5.91 Å². The molecule has 0 aliphatic heterocycles. The maximum atomic E-state index is 12.0. The third-order valence-electron chi connectivity index (χ3n) is 3.62. The number of benzene rings is 2. The molecule has 0 aliphatic rings. The molecule has 27 heavy (non-hydrogen) atoms. The molecule has 2 aromatic carbocycles. The predicted molar refractivity (Wildman–Crippen MR) is 106 cm³/mol. The van der Waals surface area contributed by atoms with Crippen LogP contribution in [0.3, 0.4) is 0 Å². The van der Waals surface area contributed by atoms with Gasteiger partial charge in [0.1, 0.15) is 5.75 Å². The highest BCUT2D eigenvalue weighted by atomic mass is 16.5. The van der Waals surface area contributed by atoms with E-state index in [1.165, 1.54) is 6.08 Å². The van der Waals surface area contributed by atoms with Crippen LogP contribution in [0.25, 0.3) is 6.08 Å². The summed E-state index contributed by atoms with van der Waals surface area (Å²) < 4.78 is 10.3. The Hall–Kier alpha value is -3.12. The maximum absolute atomic E-state index is 12.0. The van der Waals surface area contributed by atoms with Gasteiger partial charge < -0.3 is 20.1 Å². The van der Waals surface area contributed by atoms with Crippen molar-refractivity contribution in [2.24, 2.45) is 0 Å². The van der Waals surface area contributed by atoms with Crippen LogP contribution in [-0.2, 0) is 9.53 Å². The van der Waals surface area contributed by atoms with Crippen LogP contribution in [0.1, 0.15) is 22.8 Å². The average Bonchev–Trinajstić information content (AvgIpc) is 2.68. The first-order valence-corrected chi connectivity index (χ1v) is 8.71. The van der Waals surface area contributed by atoms with Gasteiger partial charge in [-0.15, -0.1) is 0 Å². The topological polar surface area (TPSA) is 76.7 Å². The van der Waals surface area contributed by atoms with E-state index in [4.69, 9.17) is 9.47 Å². The minimum atomic E-state index is -0.249. The van der Waals surface area contributed by atoms with E-state index in [0.29, 0.717) is 31.0 Å². The molecule has 6 heteroatoms. The lowest BCUT2D eigenvalue weighted by molar-refractivity contribution is -0.111. The number of hydrogen-bond acceptors (Lipinski definition) is 4. The number of ether oxygens (including phenoxy) is 2. The van der Waals surface area contributed by atoms with Crippen LogP contribution in [0.5, 0.6) is 5.75 Å². The highest BCUT2D eigenvalue weighted by Gasteiger charge is 2.05. The second kappa shape index (κ2) is 10.8. The monoisotopic (exact) mass is 368 g/mol. The Labute approximate surface area is 159 Å². The summed E-state index contributed by atoms with van der Waals surface area (Å²) >= 11 is 0. The zero-order valence-corrected chi connectivity index (χ0v) is 15.5. The molecule has 0 atom stereocenters. The van der Waals surface area contributed by atoms with E-state index in [-0.39, 0.29) is 11.8 Å². The Morgan fingerprint density at radius 3 is 2.37 bits per heavy atom. The van der Waals surface area contributed by atoms with Crippen molar-refractivity contribution >= 4 is 23.6 Å². The number of rotatable bonds is 9. The lowest BCUT2D eigenvalue weighted by atomic mass is 10.2. The van der Waals surface area contributed by atoms with E-state index >= 15 is 0 Å². The molecule has 0 bridgehead atoms. The highest BCUT2D eigenvalue weighted by molar-refractivity contribution is 6.02. The summed E-state index contributed by atoms with van der Waals surface area (Å²) in [6, 6.07) is 14.2. The normalized spacial score (nSPS) is 10.6. The van der Waals surface area contributed by atoms with Crippen molar-refractivity contribution in [2.75, 3.05) is 32.2 Å². The molecule has 0 saturated carbocycles. The van der Waals surface area contributed by atoms with Gasteiger partial charge in [-0.3, -0.25) is 9.59 Å². The minimum Gasteiger partial charge on any atom is -0.494 e. The zero-order valence-electron chi connectivity index (χ0n) is 15.5. The van der Waals surface area contributed by atoms with Gasteiger partial charge >= 0.3 is 0 Å². The van der Waals surface area contributed by atoms with E-state index in [1.54, 1.807) is 37.5 Å². The van der Waals surface area contributed by atoms with Crippen LogP contribution < -0.4 is 15.4 Å². The number of methoxy groups -OCH3 is 1. The van der Waals surface area contributed by atoms with Gasteiger partial charge in [0.05, 0.1) is 13.2 Å². The molecule has 0 heterocycles. The van der Waals surface area contributed by atoms with Gasteiger partial charge in [-0.2, -0.15) is 0 Å². The standard InChI is InChI=1S/C21H24N2O4/c1-3-27-19-11-4-16(5-12-19)6-13-20(24)23-18-9-7-17(8-10-18)21(25)22-14-15-26-2/h4-13H,3,14-15H2,1-2H3,(H,22,25)(H,23,24)/b13-6+. The minimum absolute atomic E-state index is 0.180. The molecule has 142 valence electrons. The number of amides is 2. The van der Waals surface area contributed by atoms with Gasteiger partial charge in [0, 0.05) is 31.0 Å². The predicted octanol–water partition coefficient (Wildman–Crippen LogP) is 3.11. The molecular formula is C21H24N2O4. The van der Waals surface area contributed by atoms with Crippen LogP contribution in [0.2, 0.25) is 0 Å². The summed E-state index contributed by atoms with van der Waals surface area (Å²) in [5, 5.41) is 5.50. The van der Waals surface area contributed by atoms with Gasteiger partial charge in [0.2, 0.25) is 5.91 Å². The summed E-state index contributed by atoms with van der Waals surface area (Å²) in [6.45, 7) is 3.45.